The number of unbranched alkanes of at least 4 members (excludes halogenated alkanes) is 3. The third-order valence-electron chi connectivity index (χ3n) is 9.12. The lowest BCUT2D eigenvalue weighted by Crippen LogP contribution is -2.57. The predicted octanol–water partition coefficient (Wildman–Crippen LogP) is -5.42. The van der Waals surface area contributed by atoms with Crippen LogP contribution in [0.2, 0.25) is 0 Å². The van der Waals surface area contributed by atoms with E-state index < -0.39 is 91.1 Å². The van der Waals surface area contributed by atoms with E-state index >= 15 is 0 Å². The number of aliphatic hydroxyl groups is 6. The number of rotatable bonds is 26. The highest BCUT2D eigenvalue weighted by molar-refractivity contribution is 5.84. The highest BCUT2D eigenvalue weighted by atomic mass is 16.7. The number of carbonyl (C=O) groups excluding carboxylic acids is 4. The number of nitrogens with one attached hydrogen (secondary N) is 4. The lowest BCUT2D eigenvalue weighted by atomic mass is 10.0. The lowest BCUT2D eigenvalue weighted by Gasteiger charge is -2.38. The maximum Gasteiger partial charge on any atom is 0.320 e. The van der Waals surface area contributed by atoms with Crippen molar-refractivity contribution in [2.75, 3.05) is 59.0 Å². The zero-order valence-corrected chi connectivity index (χ0v) is 32.0. The topological polar surface area (TPSA) is 341 Å². The molecule has 2 rings (SSSR count). The molecule has 11 atom stereocenters. The highest BCUT2D eigenvalue weighted by Gasteiger charge is 2.43. The zero-order valence-electron chi connectivity index (χ0n) is 32.0. The molecule has 22 heteroatoms. The van der Waals surface area contributed by atoms with Gasteiger partial charge in [0.05, 0.1) is 45.1 Å². The van der Waals surface area contributed by atoms with E-state index in [4.69, 9.17) is 29.8 Å². The molecular formula is C34H62N6O16. The normalized spacial score (nSPS) is 28.3. The van der Waals surface area contributed by atoms with Gasteiger partial charge in [-0.3, -0.25) is 28.9 Å². The molecule has 2 aliphatic heterocycles. The molecule has 0 bridgehead atoms. The second-order valence-corrected chi connectivity index (χ2v) is 13.9. The quantitative estimate of drug-likeness (QED) is 0.0363. The van der Waals surface area contributed by atoms with E-state index in [-0.39, 0.29) is 64.8 Å². The SMILES string of the molecule is C[C@@H]1O[C@@H](OCCNC(=O)CN(CC(=O)NCCCCCC(=O)NCCCC[C@H](N)C(=O)O)CC(=O)NCCO[C@@H]2O[C@@H](C)[C@@H](O)[C@@H](O)[C@@H]2O)[C@@H](O)[C@H](O)[C@@H]1O. The van der Waals surface area contributed by atoms with Crippen molar-refractivity contribution < 1.29 is 78.7 Å². The Morgan fingerprint density at radius 3 is 1.45 bits per heavy atom. The van der Waals surface area contributed by atoms with Gasteiger partial charge in [0.15, 0.2) is 12.6 Å². The van der Waals surface area contributed by atoms with E-state index in [0.29, 0.717) is 45.1 Å². The van der Waals surface area contributed by atoms with Crippen molar-refractivity contribution in [1.82, 2.24) is 26.2 Å². The lowest BCUT2D eigenvalue weighted by molar-refractivity contribution is -0.292. The van der Waals surface area contributed by atoms with Gasteiger partial charge in [0.2, 0.25) is 23.6 Å². The monoisotopic (exact) mass is 810 g/mol. The molecule has 0 aliphatic carbocycles. The first-order valence-electron chi connectivity index (χ1n) is 18.9. The summed E-state index contributed by atoms with van der Waals surface area (Å²) in [6.07, 6.45) is -9.13. The van der Waals surface area contributed by atoms with Gasteiger partial charge in [-0.05, 0) is 46.0 Å². The van der Waals surface area contributed by atoms with Gasteiger partial charge < -0.3 is 81.7 Å². The Morgan fingerprint density at radius 1 is 0.589 bits per heavy atom. The summed E-state index contributed by atoms with van der Waals surface area (Å²) in [5.41, 5.74) is 5.45. The van der Waals surface area contributed by atoms with Crippen LogP contribution in [0.4, 0.5) is 0 Å². The molecule has 324 valence electrons. The summed E-state index contributed by atoms with van der Waals surface area (Å²) in [4.78, 5) is 62.4. The minimum atomic E-state index is -1.52. The van der Waals surface area contributed by atoms with E-state index in [2.05, 4.69) is 21.3 Å². The van der Waals surface area contributed by atoms with Crippen molar-refractivity contribution in [3.8, 4) is 0 Å². The van der Waals surface area contributed by atoms with Crippen LogP contribution in [0.3, 0.4) is 0 Å². The highest BCUT2D eigenvalue weighted by Crippen LogP contribution is 2.22. The van der Waals surface area contributed by atoms with Crippen LogP contribution in [0.25, 0.3) is 0 Å². The summed E-state index contributed by atoms with van der Waals surface area (Å²) in [5, 5.41) is 79.2. The fraction of sp³-hybridized carbons (Fsp3) is 0.853. The number of aliphatic hydroxyl groups excluding tert-OH is 6. The van der Waals surface area contributed by atoms with Crippen molar-refractivity contribution in [3.63, 3.8) is 0 Å². The van der Waals surface area contributed by atoms with Crippen LogP contribution in [0.15, 0.2) is 0 Å². The smallest absolute Gasteiger partial charge is 0.320 e. The number of nitrogens with two attached hydrogens (primary N) is 1. The number of ether oxygens (including phenoxy) is 4. The molecule has 56 heavy (non-hydrogen) atoms. The maximum atomic E-state index is 12.8. The molecule has 4 amide bonds. The van der Waals surface area contributed by atoms with Crippen molar-refractivity contribution in [2.45, 2.75) is 126 Å². The van der Waals surface area contributed by atoms with Crippen LogP contribution in [0.1, 0.15) is 58.8 Å². The Kier molecular flexibility index (Phi) is 22.7. The molecule has 0 unspecified atom stereocenters. The van der Waals surface area contributed by atoms with Crippen molar-refractivity contribution >= 4 is 29.6 Å². The standard InChI is InChI=1S/C34H62N6O16/c1-19-26(45)28(47)30(49)33(55-19)53-14-12-38-24(43)17-40(18-25(44)39-13-15-54-34-31(50)29(48)27(46)20(2)56-34)16-23(42)37-10-6-3-4-9-22(41)36-11-7-5-8-21(35)32(51)52/h19-21,26-31,33-34,45-50H,3-18,35H2,1-2H3,(H,36,41)(H,37,42)(H,38,43)(H,39,44)(H,51,52)/t19-,20-,21-,26+,27+,28+,29+,30-,31-,33+,34+/m0/s1. The largest absolute Gasteiger partial charge is 0.480 e. The minimum absolute atomic E-state index is 0.0546. The Hall–Kier alpha value is -3.13. The van der Waals surface area contributed by atoms with Gasteiger partial charge >= 0.3 is 5.97 Å². The Morgan fingerprint density at radius 2 is 1.00 bits per heavy atom. The molecule has 22 nitrogen and oxygen atoms in total. The number of amides is 4. The molecule has 0 saturated carbocycles. The Balaban J connectivity index is 1.77. The van der Waals surface area contributed by atoms with Crippen LogP contribution in [0, 0.1) is 0 Å². The first-order valence-corrected chi connectivity index (χ1v) is 18.9. The second kappa shape index (κ2) is 26.0. The van der Waals surface area contributed by atoms with Gasteiger partial charge in [-0.25, -0.2) is 0 Å². The summed E-state index contributed by atoms with van der Waals surface area (Å²) in [6, 6.07) is -0.918. The number of hydrogen-bond donors (Lipinski definition) is 12. The van der Waals surface area contributed by atoms with Crippen molar-refractivity contribution in [3.05, 3.63) is 0 Å². The van der Waals surface area contributed by atoms with E-state index in [0.717, 1.165) is 0 Å². The maximum absolute atomic E-state index is 12.8. The van der Waals surface area contributed by atoms with Gasteiger partial charge in [-0.1, -0.05) is 6.42 Å². The number of nitrogens with zero attached hydrogens (tertiary/aromatic N) is 1. The Labute approximate surface area is 325 Å². The number of carbonyl (C=O) groups is 5. The van der Waals surface area contributed by atoms with Gasteiger partial charge in [-0.15, -0.1) is 0 Å². The molecule has 0 spiro atoms. The number of carboxylic acids is 1. The third kappa shape index (κ3) is 18.0. The predicted molar refractivity (Wildman–Crippen MR) is 193 cm³/mol. The van der Waals surface area contributed by atoms with Crippen LogP contribution in [-0.4, -0.2) is 197 Å². The van der Waals surface area contributed by atoms with Crippen LogP contribution < -0.4 is 27.0 Å². The molecule has 13 N–H and O–H groups in total. The molecule has 0 aromatic heterocycles. The van der Waals surface area contributed by atoms with Crippen LogP contribution in [-0.2, 0) is 42.9 Å². The van der Waals surface area contributed by atoms with Gasteiger partial charge in [-0.2, -0.15) is 0 Å². The number of hydrogen-bond acceptors (Lipinski definition) is 17. The minimum Gasteiger partial charge on any atom is -0.480 e. The van der Waals surface area contributed by atoms with Gasteiger partial charge in [0.25, 0.3) is 0 Å². The first kappa shape index (κ1) is 49.0. The van der Waals surface area contributed by atoms with Crippen LogP contribution in [0.5, 0.6) is 0 Å². The zero-order chi connectivity index (χ0) is 41.8. The van der Waals surface area contributed by atoms with Gasteiger partial charge in [0.1, 0.15) is 42.7 Å². The van der Waals surface area contributed by atoms with Crippen LogP contribution >= 0.6 is 0 Å². The molecule has 2 saturated heterocycles. The average molecular weight is 811 g/mol. The molecule has 2 aliphatic rings. The summed E-state index contributed by atoms with van der Waals surface area (Å²) in [7, 11) is 0. The third-order valence-corrected chi connectivity index (χ3v) is 9.12. The molecular weight excluding hydrogens is 748 g/mol. The average Bonchev–Trinajstić information content (AvgIpc) is 3.14. The molecule has 2 fully saturated rings. The molecule has 0 aromatic rings. The fourth-order valence-corrected chi connectivity index (χ4v) is 5.72. The number of carboxylic acid groups (broad SMARTS) is 1. The summed E-state index contributed by atoms with van der Waals surface area (Å²) in [5.74, 6) is -2.79. The second-order valence-electron chi connectivity index (χ2n) is 13.9. The molecule has 0 radical (unpaired) electrons. The first-order chi connectivity index (χ1) is 26.5. The van der Waals surface area contributed by atoms with E-state index in [9.17, 15) is 54.6 Å². The molecule has 2 heterocycles. The molecule has 0 aromatic carbocycles. The van der Waals surface area contributed by atoms with E-state index in [1.807, 2.05) is 0 Å². The fourth-order valence-electron chi connectivity index (χ4n) is 5.72. The summed E-state index contributed by atoms with van der Waals surface area (Å²) >= 11 is 0. The summed E-state index contributed by atoms with van der Waals surface area (Å²) < 4.78 is 21.5. The number of aliphatic carboxylic acids is 1. The van der Waals surface area contributed by atoms with Crippen molar-refractivity contribution in [2.24, 2.45) is 5.73 Å². The van der Waals surface area contributed by atoms with E-state index in [1.54, 1.807) is 0 Å². The van der Waals surface area contributed by atoms with Gasteiger partial charge in [0, 0.05) is 32.6 Å². The van der Waals surface area contributed by atoms with Crippen molar-refractivity contribution in [1.29, 1.82) is 0 Å². The summed E-state index contributed by atoms with van der Waals surface area (Å²) in [6.45, 7) is 2.25. The Bertz CT molecular complexity index is 1170. The van der Waals surface area contributed by atoms with E-state index in [1.165, 1.54) is 18.7 Å².